The van der Waals surface area contributed by atoms with Gasteiger partial charge in [0.15, 0.2) is 6.29 Å². The maximum absolute atomic E-state index is 12.3. The third kappa shape index (κ3) is 2.94. The number of rotatable bonds is 5. The van der Waals surface area contributed by atoms with E-state index < -0.39 is 0 Å². The Hall–Kier alpha value is -1.85. The largest absolute Gasteiger partial charge is 0.493 e. The molecule has 0 atom stereocenters. The molecular weight excluding hydrogens is 270 g/mol. The van der Waals surface area contributed by atoms with E-state index in [-0.39, 0.29) is 11.8 Å². The van der Waals surface area contributed by atoms with E-state index in [1.165, 1.54) is 0 Å². The van der Waals surface area contributed by atoms with Crippen LogP contribution in [0, 0.1) is 0 Å². The molecule has 1 aromatic heterocycles. The van der Waals surface area contributed by atoms with Crippen molar-refractivity contribution in [3.8, 4) is 5.75 Å². The molecule has 5 heteroatoms. The van der Waals surface area contributed by atoms with Gasteiger partial charge in [-0.05, 0) is 25.1 Å². The summed E-state index contributed by atoms with van der Waals surface area (Å²) < 4.78 is 18.2. The molecule has 0 amide bonds. The number of hydrogen-bond donors (Lipinski definition) is 0. The zero-order valence-electron chi connectivity index (χ0n) is 12.1. The van der Waals surface area contributed by atoms with Gasteiger partial charge in [-0.15, -0.1) is 0 Å². The average Bonchev–Trinajstić information content (AvgIpc) is 3.01. The molecule has 0 saturated carbocycles. The number of ether oxygens (including phenoxy) is 3. The van der Waals surface area contributed by atoms with Gasteiger partial charge in [0.2, 0.25) is 0 Å². The number of aryl methyl sites for hydroxylation is 1. The van der Waals surface area contributed by atoms with Crippen LogP contribution in [0.4, 0.5) is 0 Å². The Bertz CT molecular complexity index is 674. The van der Waals surface area contributed by atoms with Crippen LogP contribution in [-0.4, -0.2) is 30.7 Å². The highest BCUT2D eigenvalue weighted by molar-refractivity contribution is 5.87. The van der Waals surface area contributed by atoms with E-state index in [0.29, 0.717) is 38.2 Å². The van der Waals surface area contributed by atoms with E-state index >= 15 is 0 Å². The van der Waals surface area contributed by atoms with E-state index in [1.54, 1.807) is 10.8 Å². The van der Waals surface area contributed by atoms with Crippen LogP contribution in [0.25, 0.3) is 10.8 Å². The van der Waals surface area contributed by atoms with Gasteiger partial charge in [-0.1, -0.05) is 6.07 Å². The Balaban J connectivity index is 1.78. The molecule has 1 aromatic carbocycles. The van der Waals surface area contributed by atoms with Crippen LogP contribution >= 0.6 is 0 Å². The topological polar surface area (TPSA) is 49.7 Å². The highest BCUT2D eigenvalue weighted by Crippen LogP contribution is 2.23. The summed E-state index contributed by atoms with van der Waals surface area (Å²) in [5.74, 6) is 0.728. The number of benzene rings is 1. The van der Waals surface area contributed by atoms with E-state index in [2.05, 4.69) is 0 Å². The fourth-order valence-electron chi connectivity index (χ4n) is 2.50. The van der Waals surface area contributed by atoms with Gasteiger partial charge < -0.3 is 18.8 Å². The Kier molecular flexibility index (Phi) is 4.22. The molecule has 1 aliphatic heterocycles. The molecule has 112 valence electrons. The second-order valence-electron chi connectivity index (χ2n) is 4.93. The van der Waals surface area contributed by atoms with Gasteiger partial charge >= 0.3 is 0 Å². The number of fused-ring (bicyclic) bond motifs is 1. The Morgan fingerprint density at radius 1 is 1.24 bits per heavy atom. The molecule has 0 N–H and O–H groups in total. The van der Waals surface area contributed by atoms with Crippen molar-refractivity contribution in [2.24, 2.45) is 0 Å². The normalized spacial score (nSPS) is 15.7. The zero-order valence-corrected chi connectivity index (χ0v) is 12.1. The minimum absolute atomic E-state index is 0.0166. The van der Waals surface area contributed by atoms with Crippen molar-refractivity contribution >= 4 is 10.8 Å². The van der Waals surface area contributed by atoms with E-state index in [1.807, 2.05) is 31.2 Å². The second-order valence-corrected chi connectivity index (χ2v) is 4.93. The monoisotopic (exact) mass is 289 g/mol. The fourth-order valence-corrected chi connectivity index (χ4v) is 2.50. The number of nitrogens with zero attached hydrogens (tertiary/aromatic N) is 1. The number of pyridine rings is 1. The second kappa shape index (κ2) is 6.28. The quantitative estimate of drug-likeness (QED) is 0.846. The van der Waals surface area contributed by atoms with Crippen molar-refractivity contribution in [2.75, 3.05) is 19.8 Å². The molecule has 2 aromatic rings. The van der Waals surface area contributed by atoms with Gasteiger partial charge in [0.05, 0.1) is 25.2 Å². The van der Waals surface area contributed by atoms with Crippen molar-refractivity contribution in [3.05, 3.63) is 40.8 Å². The Labute approximate surface area is 123 Å². The summed E-state index contributed by atoms with van der Waals surface area (Å²) in [4.78, 5) is 12.3. The standard InChI is InChI=1S/C16H19NO4/c1-2-17-8-6-12-13(16(17)18)4-3-5-14(12)19-9-7-15-20-10-11-21-15/h3-6,8,15H,2,7,9-11H2,1H3. The van der Waals surface area contributed by atoms with Gasteiger partial charge in [-0.25, -0.2) is 0 Å². The smallest absolute Gasteiger partial charge is 0.258 e. The highest BCUT2D eigenvalue weighted by Gasteiger charge is 2.16. The first kappa shape index (κ1) is 14.1. The molecule has 0 unspecified atom stereocenters. The van der Waals surface area contributed by atoms with Crippen LogP contribution in [0.5, 0.6) is 5.75 Å². The molecule has 5 nitrogen and oxygen atoms in total. The van der Waals surface area contributed by atoms with E-state index in [9.17, 15) is 4.79 Å². The Morgan fingerprint density at radius 2 is 2.05 bits per heavy atom. The van der Waals surface area contributed by atoms with Crippen LogP contribution in [0.2, 0.25) is 0 Å². The van der Waals surface area contributed by atoms with Crippen molar-refractivity contribution in [3.63, 3.8) is 0 Å². The van der Waals surface area contributed by atoms with Gasteiger partial charge in [0, 0.05) is 24.5 Å². The molecule has 0 aliphatic carbocycles. The van der Waals surface area contributed by atoms with Gasteiger partial charge in [0.1, 0.15) is 5.75 Å². The number of hydrogen-bond acceptors (Lipinski definition) is 4. The van der Waals surface area contributed by atoms with Crippen LogP contribution in [0.3, 0.4) is 0 Å². The zero-order chi connectivity index (χ0) is 14.7. The SMILES string of the molecule is CCn1ccc2c(OCCC3OCCO3)cccc2c1=O. The molecule has 0 radical (unpaired) electrons. The summed E-state index contributed by atoms with van der Waals surface area (Å²) >= 11 is 0. The molecule has 0 bridgehead atoms. The molecule has 1 aliphatic rings. The summed E-state index contributed by atoms with van der Waals surface area (Å²) in [5.41, 5.74) is 0.0166. The van der Waals surface area contributed by atoms with Crippen molar-refractivity contribution < 1.29 is 14.2 Å². The lowest BCUT2D eigenvalue weighted by atomic mass is 10.1. The molecule has 1 fully saturated rings. The van der Waals surface area contributed by atoms with E-state index in [0.717, 1.165) is 11.1 Å². The predicted molar refractivity (Wildman–Crippen MR) is 79.7 cm³/mol. The van der Waals surface area contributed by atoms with Crippen LogP contribution in [0.15, 0.2) is 35.3 Å². The molecular formula is C16H19NO4. The maximum Gasteiger partial charge on any atom is 0.258 e. The third-order valence-electron chi connectivity index (χ3n) is 3.62. The van der Waals surface area contributed by atoms with Gasteiger partial charge in [-0.2, -0.15) is 0 Å². The molecule has 0 spiro atoms. The van der Waals surface area contributed by atoms with Gasteiger partial charge in [0.25, 0.3) is 5.56 Å². The lowest BCUT2D eigenvalue weighted by molar-refractivity contribution is -0.0530. The minimum atomic E-state index is -0.169. The van der Waals surface area contributed by atoms with Crippen LogP contribution in [0.1, 0.15) is 13.3 Å². The van der Waals surface area contributed by atoms with Crippen molar-refractivity contribution in [2.45, 2.75) is 26.2 Å². The van der Waals surface area contributed by atoms with Gasteiger partial charge in [-0.3, -0.25) is 4.79 Å². The summed E-state index contributed by atoms with van der Waals surface area (Å²) in [7, 11) is 0. The first-order valence-corrected chi connectivity index (χ1v) is 7.28. The highest BCUT2D eigenvalue weighted by atomic mass is 16.7. The fraction of sp³-hybridized carbons (Fsp3) is 0.438. The Morgan fingerprint density at radius 3 is 2.81 bits per heavy atom. The van der Waals surface area contributed by atoms with Crippen molar-refractivity contribution in [1.29, 1.82) is 0 Å². The average molecular weight is 289 g/mol. The minimum Gasteiger partial charge on any atom is -0.493 e. The molecule has 3 rings (SSSR count). The maximum atomic E-state index is 12.3. The molecule has 2 heterocycles. The predicted octanol–water partition coefficient (Wildman–Crippen LogP) is 2.16. The van der Waals surface area contributed by atoms with Crippen LogP contribution in [-0.2, 0) is 16.0 Å². The first-order valence-electron chi connectivity index (χ1n) is 7.28. The van der Waals surface area contributed by atoms with Crippen molar-refractivity contribution in [1.82, 2.24) is 4.57 Å². The summed E-state index contributed by atoms with van der Waals surface area (Å²) in [6.07, 6.45) is 2.32. The summed E-state index contributed by atoms with van der Waals surface area (Å²) in [5, 5.41) is 1.53. The summed E-state index contributed by atoms with van der Waals surface area (Å²) in [6, 6.07) is 7.49. The van der Waals surface area contributed by atoms with E-state index in [4.69, 9.17) is 14.2 Å². The molecule has 1 saturated heterocycles. The third-order valence-corrected chi connectivity index (χ3v) is 3.62. The lowest BCUT2D eigenvalue weighted by Gasteiger charge is -2.12. The van der Waals surface area contributed by atoms with Crippen LogP contribution < -0.4 is 10.3 Å². The first-order chi connectivity index (χ1) is 10.3. The number of aromatic nitrogens is 1. The molecule has 21 heavy (non-hydrogen) atoms. The lowest BCUT2D eigenvalue weighted by Crippen LogP contribution is -2.18. The summed E-state index contributed by atoms with van der Waals surface area (Å²) in [6.45, 7) is 4.41.